The van der Waals surface area contributed by atoms with Gasteiger partial charge in [-0.25, -0.2) is 9.78 Å². The van der Waals surface area contributed by atoms with Gasteiger partial charge in [0, 0.05) is 44.5 Å². The molecule has 1 aromatic heterocycles. The molecule has 1 fully saturated rings. The van der Waals surface area contributed by atoms with Crippen molar-refractivity contribution in [2.24, 2.45) is 0 Å². The maximum atomic E-state index is 11.8. The Morgan fingerprint density at radius 2 is 1.96 bits per heavy atom. The predicted molar refractivity (Wildman–Crippen MR) is 95.6 cm³/mol. The van der Waals surface area contributed by atoms with Gasteiger partial charge in [0.25, 0.3) is 0 Å². The first-order chi connectivity index (χ1) is 11.6. The number of carbonyl (C=O) groups is 1. The fourth-order valence-electron chi connectivity index (χ4n) is 2.70. The number of anilines is 2. The summed E-state index contributed by atoms with van der Waals surface area (Å²) in [5, 5.41) is 3.31. The van der Waals surface area contributed by atoms with Crippen LogP contribution in [0, 0.1) is 6.92 Å². The van der Waals surface area contributed by atoms with Gasteiger partial charge in [-0.05, 0) is 20.3 Å². The number of amides is 1. The number of aromatic nitrogens is 2. The molecular formula is C17H29N5O2. The molecule has 1 aliphatic rings. The van der Waals surface area contributed by atoms with E-state index in [1.807, 2.05) is 19.9 Å². The molecule has 7 nitrogen and oxygen atoms in total. The summed E-state index contributed by atoms with van der Waals surface area (Å²) in [6.07, 6.45) is 3.31. The molecule has 0 unspecified atom stereocenters. The van der Waals surface area contributed by atoms with Gasteiger partial charge in [0.15, 0.2) is 0 Å². The molecule has 1 saturated heterocycles. The Morgan fingerprint density at radius 1 is 1.21 bits per heavy atom. The van der Waals surface area contributed by atoms with Crippen molar-refractivity contribution in [3.63, 3.8) is 0 Å². The van der Waals surface area contributed by atoms with Gasteiger partial charge in [0.05, 0.1) is 6.61 Å². The first-order valence-electron chi connectivity index (χ1n) is 8.90. The molecule has 0 bridgehead atoms. The molecular weight excluding hydrogens is 306 g/mol. The van der Waals surface area contributed by atoms with Gasteiger partial charge in [0.1, 0.15) is 5.82 Å². The van der Waals surface area contributed by atoms with Crippen molar-refractivity contribution in [2.75, 3.05) is 49.5 Å². The summed E-state index contributed by atoms with van der Waals surface area (Å²) in [6.45, 7) is 10.1. The van der Waals surface area contributed by atoms with E-state index < -0.39 is 0 Å². The summed E-state index contributed by atoms with van der Waals surface area (Å²) >= 11 is 0. The Balaban J connectivity index is 1.92. The number of nitrogens with zero attached hydrogens (tertiary/aromatic N) is 4. The van der Waals surface area contributed by atoms with Gasteiger partial charge < -0.3 is 19.9 Å². The molecule has 0 aromatic carbocycles. The lowest BCUT2D eigenvalue weighted by molar-refractivity contribution is 0.105. The lowest BCUT2D eigenvalue weighted by Gasteiger charge is -2.34. The molecule has 1 amide bonds. The zero-order chi connectivity index (χ0) is 17.4. The van der Waals surface area contributed by atoms with Gasteiger partial charge in [-0.1, -0.05) is 19.8 Å². The minimum Gasteiger partial charge on any atom is -0.450 e. The number of carbonyl (C=O) groups excluding carboxylic acids is 1. The molecule has 2 rings (SSSR count). The predicted octanol–water partition coefficient (Wildman–Crippen LogP) is 2.67. The third-order valence-electron chi connectivity index (χ3n) is 4.03. The average molecular weight is 335 g/mol. The summed E-state index contributed by atoms with van der Waals surface area (Å²) in [4.78, 5) is 24.8. The topological polar surface area (TPSA) is 70.6 Å². The van der Waals surface area contributed by atoms with E-state index in [0.29, 0.717) is 25.6 Å². The maximum absolute atomic E-state index is 11.8. The van der Waals surface area contributed by atoms with Gasteiger partial charge >= 0.3 is 6.09 Å². The molecule has 24 heavy (non-hydrogen) atoms. The lowest BCUT2D eigenvalue weighted by atomic mass is 10.2. The number of nitrogens with one attached hydrogen (secondary N) is 1. The molecule has 0 spiro atoms. The molecule has 2 heterocycles. The number of rotatable bonds is 7. The number of ether oxygens (including phenoxy) is 1. The highest BCUT2D eigenvalue weighted by Crippen LogP contribution is 2.17. The van der Waals surface area contributed by atoms with Gasteiger partial charge in [-0.3, -0.25) is 0 Å². The molecule has 0 aliphatic carbocycles. The Labute approximate surface area is 144 Å². The Hall–Kier alpha value is -2.05. The Morgan fingerprint density at radius 3 is 2.62 bits per heavy atom. The molecule has 7 heteroatoms. The highest BCUT2D eigenvalue weighted by Gasteiger charge is 2.23. The molecule has 0 atom stereocenters. The third-order valence-corrected chi connectivity index (χ3v) is 4.03. The second kappa shape index (κ2) is 9.30. The van der Waals surface area contributed by atoms with Crippen LogP contribution in [0.15, 0.2) is 6.07 Å². The summed E-state index contributed by atoms with van der Waals surface area (Å²) < 4.78 is 5.06. The number of piperazine rings is 1. The summed E-state index contributed by atoms with van der Waals surface area (Å²) in [5.74, 6) is 1.61. The van der Waals surface area contributed by atoms with Crippen LogP contribution in [0.3, 0.4) is 0 Å². The number of hydrogen-bond donors (Lipinski definition) is 1. The Kier molecular flexibility index (Phi) is 7.08. The van der Waals surface area contributed by atoms with Crippen LogP contribution in [0.25, 0.3) is 0 Å². The third kappa shape index (κ3) is 5.25. The fourth-order valence-corrected chi connectivity index (χ4v) is 2.70. The smallest absolute Gasteiger partial charge is 0.409 e. The molecule has 134 valence electrons. The second-order valence-electron chi connectivity index (χ2n) is 6.00. The van der Waals surface area contributed by atoms with E-state index in [0.717, 1.165) is 37.6 Å². The van der Waals surface area contributed by atoms with Gasteiger partial charge in [-0.2, -0.15) is 4.98 Å². The first-order valence-corrected chi connectivity index (χ1v) is 8.90. The quantitative estimate of drug-likeness (QED) is 0.773. The lowest BCUT2D eigenvalue weighted by Crippen LogP contribution is -2.49. The van der Waals surface area contributed by atoms with E-state index in [1.54, 1.807) is 4.90 Å². The van der Waals surface area contributed by atoms with Crippen LogP contribution in [0.2, 0.25) is 0 Å². The fraction of sp³-hybridized carbons (Fsp3) is 0.706. The van der Waals surface area contributed by atoms with Crippen LogP contribution in [-0.4, -0.2) is 60.3 Å². The normalized spacial score (nSPS) is 14.6. The van der Waals surface area contributed by atoms with Crippen LogP contribution in [0.5, 0.6) is 0 Å². The molecule has 1 aromatic rings. The highest BCUT2D eigenvalue weighted by atomic mass is 16.6. The van der Waals surface area contributed by atoms with E-state index in [1.165, 1.54) is 12.8 Å². The summed E-state index contributed by atoms with van der Waals surface area (Å²) in [5.41, 5.74) is 0.950. The van der Waals surface area contributed by atoms with E-state index in [2.05, 4.69) is 27.1 Å². The number of hydrogen-bond acceptors (Lipinski definition) is 6. The van der Waals surface area contributed by atoms with Crippen molar-refractivity contribution in [1.82, 2.24) is 14.9 Å². The first kappa shape index (κ1) is 18.3. The SMILES string of the molecule is CCCCCNc1nc(C)cc(N2CCN(C(=O)OCC)CC2)n1. The van der Waals surface area contributed by atoms with Gasteiger partial charge in [0.2, 0.25) is 5.95 Å². The Bertz CT molecular complexity index is 530. The highest BCUT2D eigenvalue weighted by molar-refractivity contribution is 5.68. The molecule has 1 aliphatic heterocycles. The monoisotopic (exact) mass is 335 g/mol. The minimum absolute atomic E-state index is 0.228. The van der Waals surface area contributed by atoms with E-state index >= 15 is 0 Å². The van der Waals surface area contributed by atoms with Crippen LogP contribution < -0.4 is 10.2 Å². The standard InChI is InChI=1S/C17H29N5O2/c1-4-6-7-8-18-16-19-14(3)13-15(20-16)21-9-11-22(12-10-21)17(23)24-5-2/h13H,4-12H2,1-3H3,(H,18,19,20). The molecule has 0 radical (unpaired) electrons. The summed E-state index contributed by atoms with van der Waals surface area (Å²) in [6, 6.07) is 2.00. The zero-order valence-electron chi connectivity index (χ0n) is 15.0. The molecule has 0 saturated carbocycles. The zero-order valence-corrected chi connectivity index (χ0v) is 15.0. The number of aryl methyl sites for hydroxylation is 1. The van der Waals surface area contributed by atoms with Gasteiger partial charge in [-0.15, -0.1) is 0 Å². The van der Waals surface area contributed by atoms with Crippen molar-refractivity contribution in [3.8, 4) is 0 Å². The van der Waals surface area contributed by atoms with Crippen LogP contribution in [0.1, 0.15) is 38.8 Å². The van der Waals surface area contributed by atoms with Crippen LogP contribution in [-0.2, 0) is 4.74 Å². The van der Waals surface area contributed by atoms with Crippen LogP contribution in [0.4, 0.5) is 16.6 Å². The van der Waals surface area contributed by atoms with E-state index in [-0.39, 0.29) is 6.09 Å². The maximum Gasteiger partial charge on any atom is 0.409 e. The minimum atomic E-state index is -0.228. The number of unbranched alkanes of at least 4 members (excludes halogenated alkanes) is 2. The van der Waals surface area contributed by atoms with E-state index in [4.69, 9.17) is 4.74 Å². The van der Waals surface area contributed by atoms with E-state index in [9.17, 15) is 4.79 Å². The van der Waals surface area contributed by atoms with Crippen molar-refractivity contribution in [3.05, 3.63) is 11.8 Å². The van der Waals surface area contributed by atoms with Crippen molar-refractivity contribution >= 4 is 17.9 Å². The van der Waals surface area contributed by atoms with Crippen LogP contribution >= 0.6 is 0 Å². The summed E-state index contributed by atoms with van der Waals surface area (Å²) in [7, 11) is 0. The largest absolute Gasteiger partial charge is 0.450 e. The average Bonchev–Trinajstić information content (AvgIpc) is 2.59. The van der Waals surface area contributed by atoms with Crippen molar-refractivity contribution in [2.45, 2.75) is 40.0 Å². The molecule has 1 N–H and O–H groups in total. The second-order valence-corrected chi connectivity index (χ2v) is 6.00. The van der Waals surface area contributed by atoms with Crippen molar-refractivity contribution in [1.29, 1.82) is 0 Å². The van der Waals surface area contributed by atoms with Crippen molar-refractivity contribution < 1.29 is 9.53 Å².